The van der Waals surface area contributed by atoms with E-state index in [2.05, 4.69) is 20.3 Å². The SMILES string of the molecule is Nc1c(C(=O)c2ccccc2)nnc2ncnn12. The highest BCUT2D eigenvalue weighted by molar-refractivity contribution is 6.10. The summed E-state index contributed by atoms with van der Waals surface area (Å²) in [6.45, 7) is 0. The molecule has 0 saturated heterocycles. The van der Waals surface area contributed by atoms with Gasteiger partial charge < -0.3 is 5.73 Å². The first-order valence-corrected chi connectivity index (χ1v) is 5.19. The van der Waals surface area contributed by atoms with Gasteiger partial charge in [0.05, 0.1) is 0 Å². The van der Waals surface area contributed by atoms with Crippen molar-refractivity contribution in [2.45, 2.75) is 0 Å². The molecule has 3 rings (SSSR count). The average molecular weight is 240 g/mol. The fraction of sp³-hybridized carbons (Fsp3) is 0. The minimum absolute atomic E-state index is 0.0687. The molecule has 2 aromatic heterocycles. The summed E-state index contributed by atoms with van der Waals surface area (Å²) < 4.78 is 1.28. The van der Waals surface area contributed by atoms with E-state index in [1.807, 2.05) is 6.07 Å². The van der Waals surface area contributed by atoms with Crippen molar-refractivity contribution in [2.75, 3.05) is 5.73 Å². The number of fused-ring (bicyclic) bond motifs is 1. The molecule has 1 aromatic carbocycles. The maximum absolute atomic E-state index is 12.2. The van der Waals surface area contributed by atoms with Gasteiger partial charge in [-0.1, -0.05) is 30.3 Å². The molecule has 0 unspecified atom stereocenters. The van der Waals surface area contributed by atoms with Crippen LogP contribution in [0.3, 0.4) is 0 Å². The first-order chi connectivity index (χ1) is 8.77. The summed E-state index contributed by atoms with van der Waals surface area (Å²) in [7, 11) is 0. The normalized spacial score (nSPS) is 10.7. The van der Waals surface area contributed by atoms with Crippen LogP contribution in [0.4, 0.5) is 5.82 Å². The number of aromatic nitrogens is 5. The van der Waals surface area contributed by atoms with Gasteiger partial charge in [0.15, 0.2) is 11.5 Å². The predicted molar refractivity (Wildman–Crippen MR) is 62.9 cm³/mol. The van der Waals surface area contributed by atoms with Crippen molar-refractivity contribution in [1.29, 1.82) is 0 Å². The Morgan fingerprint density at radius 1 is 1.17 bits per heavy atom. The van der Waals surface area contributed by atoms with E-state index < -0.39 is 0 Å². The van der Waals surface area contributed by atoms with Gasteiger partial charge in [0, 0.05) is 5.56 Å². The van der Waals surface area contributed by atoms with Gasteiger partial charge in [-0.25, -0.2) is 0 Å². The summed E-state index contributed by atoms with van der Waals surface area (Å²) in [5.41, 5.74) is 6.41. The largest absolute Gasteiger partial charge is 0.382 e. The third-order valence-corrected chi connectivity index (χ3v) is 2.49. The number of nitrogens with zero attached hydrogens (tertiary/aromatic N) is 5. The first-order valence-electron chi connectivity index (χ1n) is 5.19. The van der Waals surface area contributed by atoms with Crippen molar-refractivity contribution in [2.24, 2.45) is 0 Å². The number of nitrogen functional groups attached to an aromatic ring is 1. The molecule has 0 atom stereocenters. The standard InChI is InChI=1S/C11H8N6O/c12-10-8(9(18)7-4-2-1-3-5-7)15-16-11-13-6-14-17(10)11/h1-6H,12H2. The van der Waals surface area contributed by atoms with E-state index >= 15 is 0 Å². The molecule has 7 heteroatoms. The van der Waals surface area contributed by atoms with Gasteiger partial charge >= 0.3 is 0 Å². The fourth-order valence-corrected chi connectivity index (χ4v) is 1.61. The first kappa shape index (κ1) is 10.3. The van der Waals surface area contributed by atoms with Gasteiger partial charge in [-0.2, -0.15) is 14.6 Å². The number of benzene rings is 1. The second-order valence-corrected chi connectivity index (χ2v) is 3.60. The molecule has 0 aliphatic rings. The number of ketones is 1. The molecule has 2 N–H and O–H groups in total. The van der Waals surface area contributed by atoms with Crippen LogP contribution in [0.5, 0.6) is 0 Å². The maximum Gasteiger partial charge on any atom is 0.273 e. The van der Waals surface area contributed by atoms with E-state index in [0.717, 1.165) is 0 Å². The van der Waals surface area contributed by atoms with Crippen LogP contribution in [0.2, 0.25) is 0 Å². The number of carbonyl (C=O) groups excluding carboxylic acids is 1. The second kappa shape index (κ2) is 3.88. The Morgan fingerprint density at radius 3 is 2.72 bits per heavy atom. The quantitative estimate of drug-likeness (QED) is 0.648. The maximum atomic E-state index is 12.2. The topological polar surface area (TPSA) is 99.1 Å². The predicted octanol–water partition coefficient (Wildman–Crippen LogP) is 0.332. The third kappa shape index (κ3) is 1.49. The van der Waals surface area contributed by atoms with Crippen LogP contribution in [0.25, 0.3) is 5.78 Å². The smallest absolute Gasteiger partial charge is 0.273 e. The summed E-state index contributed by atoms with van der Waals surface area (Å²) >= 11 is 0. The Bertz CT molecular complexity index is 721. The Kier molecular flexibility index (Phi) is 2.23. The Labute approximate surface area is 101 Å². The lowest BCUT2D eigenvalue weighted by molar-refractivity contribution is 0.103. The zero-order chi connectivity index (χ0) is 12.5. The molecule has 0 radical (unpaired) electrons. The third-order valence-electron chi connectivity index (χ3n) is 2.49. The van der Waals surface area contributed by atoms with Gasteiger partial charge in [0.2, 0.25) is 5.78 Å². The van der Waals surface area contributed by atoms with E-state index in [9.17, 15) is 4.79 Å². The second-order valence-electron chi connectivity index (χ2n) is 3.60. The Balaban J connectivity index is 2.15. The van der Waals surface area contributed by atoms with Crippen LogP contribution >= 0.6 is 0 Å². The number of carbonyl (C=O) groups is 1. The minimum atomic E-state index is -0.294. The molecule has 0 spiro atoms. The number of hydrogen-bond acceptors (Lipinski definition) is 6. The van der Waals surface area contributed by atoms with E-state index in [1.54, 1.807) is 24.3 Å². The highest BCUT2D eigenvalue weighted by Gasteiger charge is 2.17. The molecule has 0 bridgehead atoms. The van der Waals surface area contributed by atoms with Crippen molar-refractivity contribution in [1.82, 2.24) is 24.8 Å². The van der Waals surface area contributed by atoms with Gasteiger partial charge in [0.25, 0.3) is 5.78 Å². The molecule has 7 nitrogen and oxygen atoms in total. The van der Waals surface area contributed by atoms with E-state index in [1.165, 1.54) is 10.8 Å². The summed E-state index contributed by atoms with van der Waals surface area (Å²) in [5.74, 6) is 0.0986. The summed E-state index contributed by atoms with van der Waals surface area (Å²) in [6, 6.07) is 8.74. The van der Waals surface area contributed by atoms with Gasteiger partial charge in [-0.3, -0.25) is 4.79 Å². The van der Waals surface area contributed by atoms with Crippen LogP contribution in [-0.4, -0.2) is 30.6 Å². The molecule has 0 aliphatic heterocycles. The van der Waals surface area contributed by atoms with Gasteiger partial charge in [-0.15, -0.1) is 10.2 Å². The Morgan fingerprint density at radius 2 is 1.94 bits per heavy atom. The highest BCUT2D eigenvalue weighted by Crippen LogP contribution is 2.13. The van der Waals surface area contributed by atoms with Crippen molar-refractivity contribution < 1.29 is 4.79 Å². The van der Waals surface area contributed by atoms with Crippen LogP contribution < -0.4 is 5.73 Å². The van der Waals surface area contributed by atoms with Crippen molar-refractivity contribution >= 4 is 17.4 Å². The zero-order valence-corrected chi connectivity index (χ0v) is 9.19. The van der Waals surface area contributed by atoms with Crippen LogP contribution in [-0.2, 0) is 0 Å². The van der Waals surface area contributed by atoms with Crippen molar-refractivity contribution in [3.63, 3.8) is 0 Å². The lowest BCUT2D eigenvalue weighted by Crippen LogP contribution is -2.14. The van der Waals surface area contributed by atoms with Gasteiger partial charge in [-0.05, 0) is 0 Å². The molecule has 0 amide bonds. The molecule has 0 aliphatic carbocycles. The van der Waals surface area contributed by atoms with Gasteiger partial charge in [0.1, 0.15) is 6.33 Å². The molecule has 3 aromatic rings. The average Bonchev–Trinajstić information content (AvgIpc) is 2.89. The van der Waals surface area contributed by atoms with E-state index in [-0.39, 0.29) is 23.1 Å². The fourth-order valence-electron chi connectivity index (χ4n) is 1.61. The number of hydrogen-bond donors (Lipinski definition) is 1. The van der Waals surface area contributed by atoms with Crippen LogP contribution in [0.1, 0.15) is 16.1 Å². The monoisotopic (exact) mass is 240 g/mol. The van der Waals surface area contributed by atoms with Crippen LogP contribution in [0, 0.1) is 0 Å². The summed E-state index contributed by atoms with van der Waals surface area (Å²) in [6.07, 6.45) is 1.30. The summed E-state index contributed by atoms with van der Waals surface area (Å²) in [4.78, 5) is 16.0. The molecule has 0 saturated carbocycles. The lowest BCUT2D eigenvalue weighted by atomic mass is 10.1. The Hall–Kier alpha value is -2.83. The number of rotatable bonds is 2. The molecule has 2 heterocycles. The number of anilines is 1. The van der Waals surface area contributed by atoms with E-state index in [0.29, 0.717) is 5.56 Å². The highest BCUT2D eigenvalue weighted by atomic mass is 16.1. The van der Waals surface area contributed by atoms with Crippen molar-refractivity contribution in [3.05, 3.63) is 47.9 Å². The zero-order valence-electron chi connectivity index (χ0n) is 9.19. The minimum Gasteiger partial charge on any atom is -0.382 e. The molecule has 0 fully saturated rings. The summed E-state index contributed by atoms with van der Waals surface area (Å²) in [5, 5.41) is 11.5. The lowest BCUT2D eigenvalue weighted by Gasteiger charge is -2.03. The molecular weight excluding hydrogens is 232 g/mol. The number of nitrogens with two attached hydrogens (primary N) is 1. The van der Waals surface area contributed by atoms with Crippen molar-refractivity contribution in [3.8, 4) is 0 Å². The molecule has 88 valence electrons. The van der Waals surface area contributed by atoms with Crippen LogP contribution in [0.15, 0.2) is 36.7 Å². The van der Waals surface area contributed by atoms with E-state index in [4.69, 9.17) is 5.73 Å². The molecular formula is C11H8N6O. The molecule has 18 heavy (non-hydrogen) atoms.